The molecule has 3 aliphatic rings. The molecular formula is C28H39F2N3O4S. The number of piperidine rings is 1. The van der Waals surface area contributed by atoms with Gasteiger partial charge in [-0.15, -0.1) is 0 Å². The van der Waals surface area contributed by atoms with E-state index in [1.165, 1.54) is 4.31 Å². The summed E-state index contributed by atoms with van der Waals surface area (Å²) in [5, 5.41) is 2.92. The maximum atomic E-state index is 14.9. The van der Waals surface area contributed by atoms with Gasteiger partial charge in [0.2, 0.25) is 10.0 Å². The molecule has 7 nitrogen and oxygen atoms in total. The maximum Gasteiger partial charge on any atom is 0.253 e. The molecule has 1 saturated heterocycles. The maximum absolute atomic E-state index is 14.9. The third-order valence-corrected chi connectivity index (χ3v) is 10.3. The zero-order valence-corrected chi connectivity index (χ0v) is 23.2. The minimum absolute atomic E-state index is 0.0247. The van der Waals surface area contributed by atoms with E-state index in [1.807, 2.05) is 25.1 Å². The summed E-state index contributed by atoms with van der Waals surface area (Å²) in [5.74, 6) is 0.436. The lowest BCUT2D eigenvalue weighted by atomic mass is 9.77. The number of halogens is 2. The minimum atomic E-state index is -3.52. The van der Waals surface area contributed by atoms with Crippen LogP contribution in [0.15, 0.2) is 23.2 Å². The summed E-state index contributed by atoms with van der Waals surface area (Å²) in [6.07, 6.45) is 3.64. The van der Waals surface area contributed by atoms with Gasteiger partial charge in [0.25, 0.3) is 5.91 Å². The highest BCUT2D eigenvalue weighted by Gasteiger charge is 2.49. The molecule has 1 aromatic carbocycles. The summed E-state index contributed by atoms with van der Waals surface area (Å²) in [6, 6.07) is 5.71. The molecule has 0 aromatic heterocycles. The van der Waals surface area contributed by atoms with Crippen molar-refractivity contribution in [2.75, 3.05) is 25.5 Å². The summed E-state index contributed by atoms with van der Waals surface area (Å²) in [4.78, 5) is 29.1. The number of benzene rings is 1. The number of nitrogens with one attached hydrogen (secondary N) is 1. The third-order valence-electron chi connectivity index (χ3n) is 8.46. The lowest BCUT2D eigenvalue weighted by Gasteiger charge is -2.35. The van der Waals surface area contributed by atoms with Crippen molar-refractivity contribution in [2.24, 2.45) is 10.9 Å². The fourth-order valence-electron chi connectivity index (χ4n) is 6.05. The molecule has 1 amide bonds. The van der Waals surface area contributed by atoms with E-state index in [1.54, 1.807) is 6.92 Å². The average molecular weight is 552 g/mol. The number of alkyl halides is 2. The number of hydrogen-bond donors (Lipinski definition) is 1. The van der Waals surface area contributed by atoms with Gasteiger partial charge >= 0.3 is 0 Å². The zero-order valence-electron chi connectivity index (χ0n) is 22.4. The fraction of sp³-hybridized carbons (Fsp3) is 0.679. The number of rotatable bonds is 10. The first-order valence-electron chi connectivity index (χ1n) is 13.7. The Morgan fingerprint density at radius 3 is 2.47 bits per heavy atom. The summed E-state index contributed by atoms with van der Waals surface area (Å²) in [6.45, 7) is 3.41. The van der Waals surface area contributed by atoms with Crippen LogP contribution in [0, 0.1) is 12.8 Å². The highest BCUT2D eigenvalue weighted by atomic mass is 32.2. The van der Waals surface area contributed by atoms with Crippen LogP contribution < -0.4 is 5.32 Å². The van der Waals surface area contributed by atoms with Crippen LogP contribution in [0.2, 0.25) is 0 Å². The number of carbonyl (C=O) groups is 2. The fourth-order valence-corrected chi connectivity index (χ4v) is 7.53. The minimum Gasteiger partial charge on any atom is -0.312 e. The average Bonchev–Trinajstić information content (AvgIpc) is 3.18. The Labute approximate surface area is 224 Å². The number of Topliss-reactive ketones (excluding diaryl/α,β-unsaturated/α-hetero) is 1. The van der Waals surface area contributed by atoms with E-state index in [0.717, 1.165) is 16.7 Å². The van der Waals surface area contributed by atoms with Gasteiger partial charge in [0, 0.05) is 25.4 Å². The van der Waals surface area contributed by atoms with E-state index in [-0.39, 0.29) is 49.3 Å². The second-order valence-electron chi connectivity index (χ2n) is 11.3. The molecule has 2 fully saturated rings. The van der Waals surface area contributed by atoms with Gasteiger partial charge in [-0.25, -0.2) is 17.1 Å². The van der Waals surface area contributed by atoms with Gasteiger partial charge in [-0.2, -0.15) is 0 Å². The van der Waals surface area contributed by atoms with Crippen LogP contribution in [0.3, 0.4) is 0 Å². The number of nitrogens with zero attached hydrogens (tertiary/aromatic N) is 2. The van der Waals surface area contributed by atoms with E-state index in [2.05, 4.69) is 5.32 Å². The van der Waals surface area contributed by atoms with Gasteiger partial charge in [-0.1, -0.05) is 18.2 Å². The lowest BCUT2D eigenvalue weighted by Crippen LogP contribution is -2.51. The summed E-state index contributed by atoms with van der Waals surface area (Å²) in [5.41, 5.74) is 0.539. The van der Waals surface area contributed by atoms with Crippen LogP contribution >= 0.6 is 0 Å². The number of hydrogen-bond acceptors (Lipinski definition) is 5. The van der Waals surface area contributed by atoms with Crippen LogP contribution in [-0.4, -0.2) is 67.0 Å². The van der Waals surface area contributed by atoms with E-state index >= 15 is 0 Å². The van der Waals surface area contributed by atoms with Crippen molar-refractivity contribution in [2.45, 2.75) is 89.3 Å². The molecule has 1 spiro atoms. The number of aryl methyl sites for hydroxylation is 2. The topological polar surface area (TPSA) is 95.9 Å². The summed E-state index contributed by atoms with van der Waals surface area (Å²) in [7, 11) is -3.52. The number of amides is 1. The number of ketones is 1. The molecule has 2 heterocycles. The SMILES string of the molecule is CC(=O)Cc1ccc(CCS(=O)(=O)N2CCC3(CC2)N=C(C2CCC(F)(CCCF)CC2)NC3=O)c(C)c1. The molecule has 0 atom stereocenters. The Bertz CT molecular complexity index is 1180. The summed E-state index contributed by atoms with van der Waals surface area (Å²) < 4.78 is 55.0. The first-order valence-corrected chi connectivity index (χ1v) is 15.3. The molecule has 2 aliphatic heterocycles. The van der Waals surface area contributed by atoms with Crippen molar-refractivity contribution in [3.05, 3.63) is 34.9 Å². The van der Waals surface area contributed by atoms with Crippen molar-refractivity contribution < 1.29 is 26.8 Å². The van der Waals surface area contributed by atoms with Crippen molar-refractivity contribution >= 4 is 27.5 Å². The number of aliphatic imine (C=N–C) groups is 1. The van der Waals surface area contributed by atoms with E-state index < -0.39 is 27.9 Å². The highest BCUT2D eigenvalue weighted by Crippen LogP contribution is 2.41. The molecule has 0 bridgehead atoms. The second-order valence-corrected chi connectivity index (χ2v) is 13.4. The van der Waals surface area contributed by atoms with E-state index in [4.69, 9.17) is 4.99 Å². The molecule has 4 rings (SSSR count). The van der Waals surface area contributed by atoms with Gasteiger partial charge in [0.05, 0.1) is 12.4 Å². The normalized spacial score (nSPS) is 25.8. The van der Waals surface area contributed by atoms with Crippen molar-refractivity contribution in [3.63, 3.8) is 0 Å². The molecule has 1 saturated carbocycles. The Kier molecular flexibility index (Phi) is 8.71. The molecule has 0 radical (unpaired) electrons. The molecule has 0 unspecified atom stereocenters. The van der Waals surface area contributed by atoms with Gasteiger partial charge < -0.3 is 5.32 Å². The lowest BCUT2D eigenvalue weighted by molar-refractivity contribution is -0.125. The Hall–Kier alpha value is -2.20. The number of sulfonamides is 1. The molecule has 10 heteroatoms. The van der Waals surface area contributed by atoms with Crippen LogP contribution in [0.5, 0.6) is 0 Å². The molecule has 38 heavy (non-hydrogen) atoms. The zero-order chi connectivity index (χ0) is 27.6. The third kappa shape index (κ3) is 6.50. The van der Waals surface area contributed by atoms with Crippen LogP contribution in [0.25, 0.3) is 0 Å². The Balaban J connectivity index is 1.32. The number of carbonyl (C=O) groups excluding carboxylic acids is 2. The Morgan fingerprint density at radius 1 is 1.18 bits per heavy atom. The van der Waals surface area contributed by atoms with Crippen molar-refractivity contribution in [1.82, 2.24) is 9.62 Å². The quantitative estimate of drug-likeness (QED) is 0.475. The Morgan fingerprint density at radius 2 is 1.87 bits per heavy atom. The van der Waals surface area contributed by atoms with Gasteiger partial charge in [-0.05, 0) is 88.3 Å². The summed E-state index contributed by atoms with van der Waals surface area (Å²) >= 11 is 0. The molecule has 1 aliphatic carbocycles. The van der Waals surface area contributed by atoms with Crippen molar-refractivity contribution in [3.8, 4) is 0 Å². The predicted octanol–water partition coefficient (Wildman–Crippen LogP) is 4.01. The van der Waals surface area contributed by atoms with Gasteiger partial charge in [-0.3, -0.25) is 19.0 Å². The van der Waals surface area contributed by atoms with E-state index in [9.17, 15) is 26.8 Å². The van der Waals surface area contributed by atoms with Crippen molar-refractivity contribution in [1.29, 1.82) is 0 Å². The smallest absolute Gasteiger partial charge is 0.253 e. The molecule has 1 aromatic rings. The molecule has 210 valence electrons. The van der Waals surface area contributed by atoms with Crippen LogP contribution in [0.1, 0.15) is 75.0 Å². The predicted molar refractivity (Wildman–Crippen MR) is 143 cm³/mol. The van der Waals surface area contributed by atoms with Gasteiger partial charge in [0.15, 0.2) is 0 Å². The second kappa shape index (κ2) is 11.5. The van der Waals surface area contributed by atoms with E-state index in [0.29, 0.717) is 57.2 Å². The monoisotopic (exact) mass is 551 g/mol. The highest BCUT2D eigenvalue weighted by molar-refractivity contribution is 7.89. The number of amidine groups is 1. The molecule has 1 N–H and O–H groups in total. The first-order chi connectivity index (χ1) is 18.0. The first kappa shape index (κ1) is 28.8. The largest absolute Gasteiger partial charge is 0.312 e. The van der Waals surface area contributed by atoms with Crippen LogP contribution in [0.4, 0.5) is 8.78 Å². The van der Waals surface area contributed by atoms with Crippen LogP contribution in [-0.2, 0) is 32.5 Å². The standard InChI is InChI=1S/C28H39F2N3O4S/c1-20-18-22(19-21(2)34)4-5-23(20)8-17-38(36,37)33-15-12-28(13-16-33)26(35)31-25(32-28)24-6-10-27(30,11-7-24)9-3-14-29/h4-5,18,24H,3,6-17,19H2,1-2H3,(H,31,32,35). The van der Waals surface area contributed by atoms with Gasteiger partial charge in [0.1, 0.15) is 22.8 Å². The molecular weight excluding hydrogens is 512 g/mol.